The van der Waals surface area contributed by atoms with Crippen LogP contribution in [-0.2, 0) is 16.1 Å². The van der Waals surface area contributed by atoms with Crippen molar-refractivity contribution in [1.29, 1.82) is 0 Å². The Bertz CT molecular complexity index is 593. The van der Waals surface area contributed by atoms with Gasteiger partial charge in [0.2, 0.25) is 11.8 Å². The van der Waals surface area contributed by atoms with Crippen LogP contribution in [0, 0.1) is 10.1 Å². The predicted molar refractivity (Wildman–Crippen MR) is 69.1 cm³/mol. The highest BCUT2D eigenvalue weighted by atomic mass is 16.6. The molecule has 1 aromatic rings. The van der Waals surface area contributed by atoms with E-state index < -0.39 is 16.4 Å². The van der Waals surface area contributed by atoms with Crippen molar-refractivity contribution < 1.29 is 14.5 Å². The Morgan fingerprint density at radius 1 is 1.40 bits per heavy atom. The number of carbonyl (C=O) groups excluding carboxylic acids is 2. The molecule has 0 saturated heterocycles. The van der Waals surface area contributed by atoms with E-state index in [-0.39, 0.29) is 24.7 Å². The minimum absolute atomic E-state index is 0.199. The summed E-state index contributed by atoms with van der Waals surface area (Å²) in [4.78, 5) is 45.5. The third kappa shape index (κ3) is 4.19. The smallest absolute Gasteiger partial charge is 0.285 e. The molecule has 0 bridgehead atoms. The maximum Gasteiger partial charge on any atom is 0.285 e. The van der Waals surface area contributed by atoms with Gasteiger partial charge >= 0.3 is 0 Å². The lowest BCUT2D eigenvalue weighted by molar-refractivity contribution is -0.385. The van der Waals surface area contributed by atoms with Crippen LogP contribution >= 0.6 is 0 Å². The topological polar surface area (TPSA) is 115 Å². The Hall–Kier alpha value is -2.71. The number of pyridine rings is 1. The quantitative estimate of drug-likeness (QED) is 0.547. The zero-order valence-corrected chi connectivity index (χ0v) is 11.0. The summed E-state index contributed by atoms with van der Waals surface area (Å²) >= 11 is 0. The standard InChI is InChI=1S/C11H14N4O5/c1-13(2)11(18)5-12-9(16)7-14-6-8(15(19)20)3-4-10(14)17/h3-4,6H,5,7H2,1-2H3,(H,12,16). The molecule has 0 radical (unpaired) electrons. The molecule has 108 valence electrons. The molecule has 0 aliphatic heterocycles. The Morgan fingerprint density at radius 3 is 2.60 bits per heavy atom. The fraction of sp³-hybridized carbons (Fsp3) is 0.364. The van der Waals surface area contributed by atoms with Crippen molar-refractivity contribution in [1.82, 2.24) is 14.8 Å². The number of carbonyl (C=O) groups is 2. The monoisotopic (exact) mass is 282 g/mol. The number of nitro groups is 1. The van der Waals surface area contributed by atoms with Gasteiger partial charge in [0.1, 0.15) is 6.54 Å². The highest BCUT2D eigenvalue weighted by molar-refractivity contribution is 5.84. The van der Waals surface area contributed by atoms with E-state index >= 15 is 0 Å². The summed E-state index contributed by atoms with van der Waals surface area (Å²) in [6.45, 7) is -0.587. The van der Waals surface area contributed by atoms with Crippen molar-refractivity contribution >= 4 is 17.5 Å². The predicted octanol–water partition coefficient (Wildman–Crippen LogP) is -1.04. The summed E-state index contributed by atoms with van der Waals surface area (Å²) in [6, 6.07) is 2.07. The number of nitrogens with one attached hydrogen (secondary N) is 1. The van der Waals surface area contributed by atoms with Crippen molar-refractivity contribution in [3.8, 4) is 0 Å². The van der Waals surface area contributed by atoms with Gasteiger partial charge in [-0.3, -0.25) is 29.1 Å². The summed E-state index contributed by atoms with van der Waals surface area (Å²) in [7, 11) is 3.08. The molecule has 1 N–H and O–H groups in total. The average Bonchev–Trinajstić information content (AvgIpc) is 2.38. The second kappa shape index (κ2) is 6.45. The number of aromatic nitrogens is 1. The first-order valence-corrected chi connectivity index (χ1v) is 5.63. The molecular formula is C11H14N4O5. The highest BCUT2D eigenvalue weighted by Gasteiger charge is 2.11. The lowest BCUT2D eigenvalue weighted by Gasteiger charge is -2.11. The Kier molecular flexibility index (Phi) is 4.95. The molecule has 2 amide bonds. The van der Waals surface area contributed by atoms with E-state index in [1.165, 1.54) is 4.90 Å². The Morgan fingerprint density at radius 2 is 2.05 bits per heavy atom. The van der Waals surface area contributed by atoms with Gasteiger partial charge in [0, 0.05) is 26.2 Å². The van der Waals surface area contributed by atoms with Gasteiger partial charge in [-0.05, 0) is 0 Å². The third-order valence-corrected chi connectivity index (χ3v) is 2.43. The molecule has 9 nitrogen and oxygen atoms in total. The number of nitrogens with zero attached hydrogens (tertiary/aromatic N) is 3. The molecule has 0 aliphatic carbocycles. The molecule has 0 fully saturated rings. The molecule has 9 heteroatoms. The molecular weight excluding hydrogens is 268 g/mol. The first kappa shape index (κ1) is 15.3. The van der Waals surface area contributed by atoms with Gasteiger partial charge < -0.3 is 10.2 Å². The third-order valence-electron chi connectivity index (χ3n) is 2.43. The minimum atomic E-state index is -0.663. The van der Waals surface area contributed by atoms with E-state index in [0.29, 0.717) is 0 Å². The van der Waals surface area contributed by atoms with Crippen LogP contribution in [0.5, 0.6) is 0 Å². The highest BCUT2D eigenvalue weighted by Crippen LogP contribution is 2.05. The van der Waals surface area contributed by atoms with Crippen LogP contribution in [0.3, 0.4) is 0 Å². The number of hydrogen-bond acceptors (Lipinski definition) is 5. The summed E-state index contributed by atoms with van der Waals surface area (Å²) in [5.74, 6) is -0.882. The van der Waals surface area contributed by atoms with Crippen molar-refractivity contribution in [2.75, 3.05) is 20.6 Å². The maximum atomic E-state index is 11.6. The van der Waals surface area contributed by atoms with Gasteiger partial charge in [-0.15, -0.1) is 0 Å². The first-order valence-electron chi connectivity index (χ1n) is 5.63. The number of rotatable bonds is 5. The van der Waals surface area contributed by atoms with E-state index in [9.17, 15) is 24.5 Å². The SMILES string of the molecule is CN(C)C(=O)CNC(=O)Cn1cc([N+](=O)[O-])ccc1=O. The normalized spacial score (nSPS) is 9.90. The Labute approximate surface area is 113 Å². The van der Waals surface area contributed by atoms with E-state index in [2.05, 4.69) is 5.32 Å². The molecule has 20 heavy (non-hydrogen) atoms. The van der Waals surface area contributed by atoms with Crippen LogP contribution in [0.1, 0.15) is 0 Å². The summed E-state index contributed by atoms with van der Waals surface area (Å²) in [6.07, 6.45) is 0.982. The van der Waals surface area contributed by atoms with Crippen molar-refractivity contribution in [2.45, 2.75) is 6.54 Å². The fourth-order valence-electron chi connectivity index (χ4n) is 1.29. The van der Waals surface area contributed by atoms with Crippen molar-refractivity contribution in [2.24, 2.45) is 0 Å². The number of hydrogen-bond donors (Lipinski definition) is 1. The van der Waals surface area contributed by atoms with E-state index in [1.807, 2.05) is 0 Å². The first-order chi connectivity index (χ1) is 9.31. The summed E-state index contributed by atoms with van der Waals surface area (Å²) in [5.41, 5.74) is -0.827. The van der Waals surface area contributed by atoms with Gasteiger partial charge in [0.05, 0.1) is 17.7 Å². The molecule has 0 atom stereocenters. The Balaban J connectivity index is 2.71. The van der Waals surface area contributed by atoms with Gasteiger partial charge in [0.15, 0.2) is 0 Å². The molecule has 1 rings (SSSR count). The van der Waals surface area contributed by atoms with Crippen LogP contribution in [0.4, 0.5) is 5.69 Å². The van der Waals surface area contributed by atoms with Crippen LogP contribution in [0.2, 0.25) is 0 Å². The number of amides is 2. The zero-order valence-electron chi connectivity index (χ0n) is 11.0. The molecule has 1 heterocycles. The zero-order chi connectivity index (χ0) is 15.3. The molecule has 0 saturated carbocycles. The van der Waals surface area contributed by atoms with Crippen molar-refractivity contribution in [3.63, 3.8) is 0 Å². The van der Waals surface area contributed by atoms with Gasteiger partial charge in [-0.2, -0.15) is 0 Å². The summed E-state index contributed by atoms with van der Waals surface area (Å²) < 4.78 is 0.910. The fourth-order valence-corrected chi connectivity index (χ4v) is 1.29. The molecule has 1 aromatic heterocycles. The van der Waals surface area contributed by atoms with Crippen LogP contribution in [0.15, 0.2) is 23.1 Å². The maximum absolute atomic E-state index is 11.6. The van der Waals surface area contributed by atoms with E-state index in [0.717, 1.165) is 22.9 Å². The number of likely N-dealkylation sites (N-methyl/N-ethyl adjacent to an activating group) is 1. The molecule has 0 unspecified atom stereocenters. The van der Waals surface area contributed by atoms with E-state index in [4.69, 9.17) is 0 Å². The van der Waals surface area contributed by atoms with Gasteiger partial charge in [0.25, 0.3) is 11.2 Å². The van der Waals surface area contributed by atoms with Gasteiger partial charge in [-0.1, -0.05) is 0 Å². The second-order valence-corrected chi connectivity index (χ2v) is 4.18. The van der Waals surface area contributed by atoms with Crippen molar-refractivity contribution in [3.05, 3.63) is 38.8 Å². The molecule has 0 aliphatic rings. The molecule has 0 spiro atoms. The lowest BCUT2D eigenvalue weighted by Crippen LogP contribution is -2.39. The van der Waals surface area contributed by atoms with E-state index in [1.54, 1.807) is 14.1 Å². The lowest BCUT2D eigenvalue weighted by atomic mass is 10.4. The van der Waals surface area contributed by atoms with Crippen LogP contribution in [0.25, 0.3) is 0 Å². The van der Waals surface area contributed by atoms with Crippen LogP contribution in [-0.4, -0.2) is 46.8 Å². The van der Waals surface area contributed by atoms with Crippen LogP contribution < -0.4 is 10.9 Å². The van der Waals surface area contributed by atoms with Gasteiger partial charge in [-0.25, -0.2) is 0 Å². The molecule has 0 aromatic carbocycles. The minimum Gasteiger partial charge on any atom is -0.347 e. The summed E-state index contributed by atoms with van der Waals surface area (Å²) in [5, 5.41) is 12.9. The largest absolute Gasteiger partial charge is 0.347 e. The average molecular weight is 282 g/mol. The second-order valence-electron chi connectivity index (χ2n) is 4.18.